The summed E-state index contributed by atoms with van der Waals surface area (Å²) in [6, 6.07) is 0.671. The predicted octanol–water partition coefficient (Wildman–Crippen LogP) is 1.07. The quantitative estimate of drug-likeness (QED) is 0.400. The summed E-state index contributed by atoms with van der Waals surface area (Å²) >= 11 is 1.98. The third-order valence-electron chi connectivity index (χ3n) is 4.10. The van der Waals surface area contributed by atoms with Gasteiger partial charge in [-0.05, 0) is 33.2 Å². The number of carbonyl (C=O) groups is 1. The summed E-state index contributed by atoms with van der Waals surface area (Å²) in [5, 5.41) is 19.1. The summed E-state index contributed by atoms with van der Waals surface area (Å²) < 4.78 is 0. The van der Waals surface area contributed by atoms with Crippen molar-refractivity contribution in [2.24, 2.45) is 0 Å². The van der Waals surface area contributed by atoms with Crippen LogP contribution in [0.25, 0.3) is 0 Å². The van der Waals surface area contributed by atoms with Gasteiger partial charge in [-0.2, -0.15) is 11.8 Å². The zero-order valence-corrected chi connectivity index (χ0v) is 13.3. The predicted molar refractivity (Wildman–Crippen MR) is 83.1 cm³/mol. The average molecular weight is 301 g/mol. The second-order valence-corrected chi connectivity index (χ2v) is 7.71. The van der Waals surface area contributed by atoms with Gasteiger partial charge in [0.05, 0.1) is 18.7 Å². The summed E-state index contributed by atoms with van der Waals surface area (Å²) in [6.45, 7) is 5.15. The van der Waals surface area contributed by atoms with Gasteiger partial charge >= 0.3 is 6.03 Å². The van der Waals surface area contributed by atoms with Gasteiger partial charge in [0.2, 0.25) is 0 Å². The van der Waals surface area contributed by atoms with E-state index in [-0.39, 0.29) is 18.2 Å². The molecule has 2 aliphatic rings. The number of unbranched alkanes of at least 4 members (excludes halogenated alkanes) is 2. The first-order chi connectivity index (χ1) is 9.52. The first kappa shape index (κ1) is 15.9. The fourth-order valence-electron chi connectivity index (χ4n) is 2.77. The summed E-state index contributed by atoms with van der Waals surface area (Å²) in [5.41, 5.74) is -0.172. The Hall–Kier alpha value is -0.460. The molecule has 3 unspecified atom stereocenters. The molecule has 0 aromatic heterocycles. The number of amides is 2. The van der Waals surface area contributed by atoms with Crippen molar-refractivity contribution < 1.29 is 9.90 Å². The second kappa shape index (κ2) is 7.00. The summed E-state index contributed by atoms with van der Waals surface area (Å²) in [4.78, 5) is 11.3. The van der Waals surface area contributed by atoms with Gasteiger partial charge in [0.15, 0.2) is 0 Å². The standard InChI is InChI=1S/C14H27N3O2S/c1-14(2,9-18)15-7-5-3-4-6-11-12-10(8-20-11)16-13(19)17-12/h10-12,15,18H,3-9H2,1-2H3,(H2,16,17,19). The molecule has 0 spiro atoms. The number of aliphatic hydroxyl groups is 1. The average Bonchev–Trinajstić information content (AvgIpc) is 2.93. The van der Waals surface area contributed by atoms with Crippen LogP contribution in [0.5, 0.6) is 0 Å². The van der Waals surface area contributed by atoms with Gasteiger partial charge in [-0.15, -0.1) is 0 Å². The Morgan fingerprint density at radius 2 is 2.15 bits per heavy atom. The van der Waals surface area contributed by atoms with Crippen LogP contribution in [-0.4, -0.2) is 52.9 Å². The van der Waals surface area contributed by atoms with Gasteiger partial charge in [0, 0.05) is 16.5 Å². The number of hydrogen-bond acceptors (Lipinski definition) is 4. The number of fused-ring (bicyclic) bond motifs is 1. The number of hydrogen-bond donors (Lipinski definition) is 4. The lowest BCUT2D eigenvalue weighted by molar-refractivity contribution is 0.188. The Kier molecular flexibility index (Phi) is 5.57. The topological polar surface area (TPSA) is 73.4 Å². The maximum Gasteiger partial charge on any atom is 0.315 e. The highest BCUT2D eigenvalue weighted by molar-refractivity contribution is 8.00. The molecule has 116 valence electrons. The Morgan fingerprint density at radius 1 is 1.35 bits per heavy atom. The Bertz CT molecular complexity index is 338. The minimum Gasteiger partial charge on any atom is -0.394 e. The van der Waals surface area contributed by atoms with Crippen molar-refractivity contribution >= 4 is 17.8 Å². The number of nitrogens with one attached hydrogen (secondary N) is 3. The highest BCUT2D eigenvalue weighted by Gasteiger charge is 2.42. The van der Waals surface area contributed by atoms with E-state index >= 15 is 0 Å². The Morgan fingerprint density at radius 3 is 2.90 bits per heavy atom. The molecule has 0 aromatic carbocycles. The molecule has 2 aliphatic heterocycles. The van der Waals surface area contributed by atoms with Crippen LogP contribution in [-0.2, 0) is 0 Å². The van der Waals surface area contributed by atoms with E-state index < -0.39 is 0 Å². The van der Waals surface area contributed by atoms with Crippen LogP contribution in [0.15, 0.2) is 0 Å². The summed E-state index contributed by atoms with van der Waals surface area (Å²) in [6.07, 6.45) is 4.72. The molecule has 4 N–H and O–H groups in total. The molecule has 5 nitrogen and oxygen atoms in total. The lowest BCUT2D eigenvalue weighted by Crippen LogP contribution is -2.43. The van der Waals surface area contributed by atoms with Crippen molar-refractivity contribution in [3.05, 3.63) is 0 Å². The zero-order chi connectivity index (χ0) is 14.6. The molecular weight excluding hydrogens is 274 g/mol. The van der Waals surface area contributed by atoms with E-state index in [0.29, 0.717) is 17.3 Å². The van der Waals surface area contributed by atoms with Crippen LogP contribution in [0.2, 0.25) is 0 Å². The van der Waals surface area contributed by atoms with Crippen LogP contribution in [0.4, 0.5) is 4.79 Å². The van der Waals surface area contributed by atoms with Gasteiger partial charge in [-0.1, -0.05) is 12.8 Å². The van der Waals surface area contributed by atoms with Gasteiger partial charge in [-0.3, -0.25) is 0 Å². The van der Waals surface area contributed by atoms with Crippen LogP contribution in [0.1, 0.15) is 39.5 Å². The molecule has 2 saturated heterocycles. The third kappa shape index (κ3) is 4.27. The molecule has 2 fully saturated rings. The van der Waals surface area contributed by atoms with Crippen molar-refractivity contribution in [3.8, 4) is 0 Å². The van der Waals surface area contributed by atoms with Crippen molar-refractivity contribution in [2.75, 3.05) is 18.9 Å². The summed E-state index contributed by atoms with van der Waals surface area (Å²) in [5.74, 6) is 1.04. The van der Waals surface area contributed by atoms with E-state index in [2.05, 4.69) is 16.0 Å². The molecule has 0 aromatic rings. The Balaban J connectivity index is 1.55. The normalized spacial score (nSPS) is 29.1. The first-order valence-corrected chi connectivity index (χ1v) is 8.61. The first-order valence-electron chi connectivity index (χ1n) is 7.56. The van der Waals surface area contributed by atoms with Crippen LogP contribution >= 0.6 is 11.8 Å². The highest BCUT2D eigenvalue weighted by Crippen LogP contribution is 2.33. The van der Waals surface area contributed by atoms with E-state index in [9.17, 15) is 4.79 Å². The molecule has 6 heteroatoms. The van der Waals surface area contributed by atoms with E-state index in [1.54, 1.807) is 0 Å². The molecule has 0 bridgehead atoms. The molecule has 2 rings (SSSR count). The van der Waals surface area contributed by atoms with Gasteiger partial charge < -0.3 is 21.1 Å². The molecule has 2 amide bonds. The smallest absolute Gasteiger partial charge is 0.315 e. The van der Waals surface area contributed by atoms with E-state index in [1.807, 2.05) is 25.6 Å². The molecule has 3 atom stereocenters. The number of thioether (sulfide) groups is 1. The monoisotopic (exact) mass is 301 g/mol. The molecule has 20 heavy (non-hydrogen) atoms. The van der Waals surface area contributed by atoms with E-state index in [1.165, 1.54) is 19.3 Å². The van der Waals surface area contributed by atoms with Gasteiger partial charge in [0.1, 0.15) is 0 Å². The minimum atomic E-state index is -0.172. The van der Waals surface area contributed by atoms with Gasteiger partial charge in [-0.25, -0.2) is 4.79 Å². The third-order valence-corrected chi connectivity index (χ3v) is 5.61. The number of urea groups is 1. The molecule has 0 saturated carbocycles. The number of rotatable bonds is 8. The van der Waals surface area contributed by atoms with Crippen molar-refractivity contribution in [3.63, 3.8) is 0 Å². The van der Waals surface area contributed by atoms with Crippen LogP contribution in [0, 0.1) is 0 Å². The fraction of sp³-hybridized carbons (Fsp3) is 0.929. The maximum atomic E-state index is 11.3. The van der Waals surface area contributed by atoms with Crippen molar-refractivity contribution in [1.82, 2.24) is 16.0 Å². The largest absolute Gasteiger partial charge is 0.394 e. The highest BCUT2D eigenvalue weighted by atomic mass is 32.2. The SMILES string of the molecule is CC(C)(CO)NCCCCCC1SCC2NC(=O)NC21. The van der Waals surface area contributed by atoms with E-state index in [4.69, 9.17) is 5.11 Å². The van der Waals surface area contributed by atoms with Gasteiger partial charge in [0.25, 0.3) is 0 Å². The number of carbonyl (C=O) groups excluding carboxylic acids is 1. The lowest BCUT2D eigenvalue weighted by Gasteiger charge is -2.23. The lowest BCUT2D eigenvalue weighted by atomic mass is 10.0. The fourth-order valence-corrected chi connectivity index (χ4v) is 4.32. The van der Waals surface area contributed by atoms with Crippen LogP contribution < -0.4 is 16.0 Å². The van der Waals surface area contributed by atoms with Crippen molar-refractivity contribution in [2.45, 2.75) is 62.4 Å². The van der Waals surface area contributed by atoms with E-state index in [0.717, 1.165) is 18.7 Å². The maximum absolute atomic E-state index is 11.3. The summed E-state index contributed by atoms with van der Waals surface area (Å²) in [7, 11) is 0. The molecule has 0 aliphatic carbocycles. The minimum absolute atomic E-state index is 0.000680. The Labute approximate surface area is 125 Å². The zero-order valence-electron chi connectivity index (χ0n) is 12.4. The van der Waals surface area contributed by atoms with Crippen LogP contribution in [0.3, 0.4) is 0 Å². The molecular formula is C14H27N3O2S. The molecule has 2 heterocycles. The van der Waals surface area contributed by atoms with Crippen molar-refractivity contribution in [1.29, 1.82) is 0 Å². The number of aliphatic hydroxyl groups excluding tert-OH is 1. The second-order valence-electron chi connectivity index (χ2n) is 6.44. The molecule has 0 radical (unpaired) electrons.